The summed E-state index contributed by atoms with van der Waals surface area (Å²) >= 11 is 0. The number of nitrogens with zero attached hydrogens (tertiary/aromatic N) is 3. The Labute approximate surface area is 223 Å². The van der Waals surface area contributed by atoms with Gasteiger partial charge in [0.15, 0.2) is 0 Å². The van der Waals surface area contributed by atoms with Crippen molar-refractivity contribution >= 4 is 17.5 Å². The number of fused-ring (bicyclic) bond motifs is 1. The average Bonchev–Trinajstić information content (AvgIpc) is 3.19. The van der Waals surface area contributed by atoms with Gasteiger partial charge in [0.25, 0.3) is 11.8 Å². The Kier molecular flexibility index (Phi) is 6.52. The maximum atomic E-state index is 12.9. The maximum absolute atomic E-state index is 12.9. The van der Waals surface area contributed by atoms with Gasteiger partial charge >= 0.3 is 0 Å². The fraction of sp³-hybridized carbons (Fsp3) is 0.212. The van der Waals surface area contributed by atoms with Crippen molar-refractivity contribution in [1.29, 1.82) is 0 Å². The minimum Gasteiger partial charge on any atom is -0.369 e. The van der Waals surface area contributed by atoms with Crippen molar-refractivity contribution in [2.45, 2.75) is 19.5 Å². The highest BCUT2D eigenvalue weighted by Crippen LogP contribution is 2.31. The van der Waals surface area contributed by atoms with Crippen molar-refractivity contribution in [2.24, 2.45) is 0 Å². The lowest BCUT2D eigenvalue weighted by Crippen LogP contribution is -2.48. The van der Waals surface area contributed by atoms with E-state index in [4.69, 9.17) is 0 Å². The molecule has 1 fully saturated rings. The van der Waals surface area contributed by atoms with Crippen LogP contribution in [0.4, 0.5) is 5.69 Å². The molecule has 0 N–H and O–H groups in total. The number of carbonyl (C=O) groups excluding carboxylic acids is 2. The van der Waals surface area contributed by atoms with E-state index in [1.54, 1.807) is 24.3 Å². The van der Waals surface area contributed by atoms with Gasteiger partial charge in [-0.1, -0.05) is 78.9 Å². The number of aryl methyl sites for hydroxylation is 1. The lowest BCUT2D eigenvalue weighted by molar-refractivity contribution is 0.0642. The second kappa shape index (κ2) is 10.3. The number of rotatable bonds is 6. The van der Waals surface area contributed by atoms with Gasteiger partial charge in [0, 0.05) is 31.9 Å². The summed E-state index contributed by atoms with van der Waals surface area (Å²) < 4.78 is 0. The van der Waals surface area contributed by atoms with Crippen LogP contribution in [-0.2, 0) is 6.54 Å². The molecule has 0 spiro atoms. The molecular formula is C33H31N3O2. The minimum absolute atomic E-state index is 0.213. The molecule has 0 unspecified atom stereocenters. The molecule has 5 heteroatoms. The Bertz CT molecular complexity index is 1390. The van der Waals surface area contributed by atoms with Crippen LogP contribution in [0.3, 0.4) is 0 Å². The molecule has 5 nitrogen and oxygen atoms in total. The molecule has 2 amide bonds. The van der Waals surface area contributed by atoms with E-state index in [1.165, 1.54) is 16.0 Å². The lowest BCUT2D eigenvalue weighted by atomic mass is 9.96. The molecule has 1 saturated heterocycles. The molecule has 6 rings (SSSR count). The van der Waals surface area contributed by atoms with Crippen molar-refractivity contribution in [2.75, 3.05) is 31.1 Å². The number of benzene rings is 4. The fourth-order valence-electron chi connectivity index (χ4n) is 5.80. The van der Waals surface area contributed by atoms with Gasteiger partial charge in [-0.3, -0.25) is 19.4 Å². The summed E-state index contributed by atoms with van der Waals surface area (Å²) in [4.78, 5) is 32.2. The molecule has 190 valence electrons. The summed E-state index contributed by atoms with van der Waals surface area (Å²) in [6.07, 6.45) is 0. The third kappa shape index (κ3) is 4.61. The molecule has 2 aliphatic rings. The highest BCUT2D eigenvalue weighted by atomic mass is 16.2. The first-order valence-electron chi connectivity index (χ1n) is 13.2. The molecule has 4 aromatic rings. The standard InChI is InChI=1S/C33H31N3O2/c1-24-20-25(23-36-32(37)29-14-8-9-15-30(29)33(36)38)22-28(21-24)34-16-18-35(19-17-34)31(26-10-4-2-5-11-26)27-12-6-3-7-13-27/h2-15,20-22,31H,16-19,23H2,1H3. The number of hydrogen-bond acceptors (Lipinski definition) is 4. The second-order valence-electron chi connectivity index (χ2n) is 10.2. The van der Waals surface area contributed by atoms with Gasteiger partial charge in [0.05, 0.1) is 23.7 Å². The van der Waals surface area contributed by atoms with Crippen LogP contribution in [0.15, 0.2) is 103 Å². The summed E-state index contributed by atoms with van der Waals surface area (Å²) in [6.45, 7) is 6.06. The number of piperazine rings is 1. The van der Waals surface area contributed by atoms with Gasteiger partial charge in [-0.05, 0) is 53.4 Å². The quantitative estimate of drug-likeness (QED) is 0.318. The molecule has 0 aliphatic carbocycles. The summed E-state index contributed by atoms with van der Waals surface area (Å²) in [5.41, 5.74) is 6.86. The first-order chi connectivity index (χ1) is 18.6. The van der Waals surface area contributed by atoms with E-state index < -0.39 is 0 Å². The Balaban J connectivity index is 1.19. The van der Waals surface area contributed by atoms with E-state index in [0.717, 1.165) is 43.0 Å². The smallest absolute Gasteiger partial charge is 0.261 e. The first kappa shape index (κ1) is 24.1. The van der Waals surface area contributed by atoms with Crippen LogP contribution < -0.4 is 4.90 Å². The Morgan fingerprint density at radius 3 is 1.74 bits per heavy atom. The van der Waals surface area contributed by atoms with Crippen LogP contribution in [0.1, 0.15) is 49.0 Å². The van der Waals surface area contributed by atoms with Gasteiger partial charge < -0.3 is 4.90 Å². The van der Waals surface area contributed by atoms with Gasteiger partial charge in [-0.2, -0.15) is 0 Å². The molecule has 0 atom stereocenters. The van der Waals surface area contributed by atoms with E-state index in [2.05, 4.69) is 95.6 Å². The van der Waals surface area contributed by atoms with E-state index in [9.17, 15) is 9.59 Å². The monoisotopic (exact) mass is 501 g/mol. The molecule has 0 saturated carbocycles. The van der Waals surface area contributed by atoms with E-state index in [0.29, 0.717) is 11.1 Å². The molecule has 2 heterocycles. The van der Waals surface area contributed by atoms with E-state index in [-0.39, 0.29) is 24.4 Å². The normalized spacial score (nSPS) is 15.8. The number of hydrogen-bond donors (Lipinski definition) is 0. The molecule has 0 radical (unpaired) electrons. The summed E-state index contributed by atoms with van der Waals surface area (Å²) in [5.74, 6) is -0.426. The predicted octanol–water partition coefficient (Wildman–Crippen LogP) is 5.70. The van der Waals surface area contributed by atoms with Crippen LogP contribution in [0.25, 0.3) is 0 Å². The highest BCUT2D eigenvalue weighted by molar-refractivity contribution is 6.21. The SMILES string of the molecule is Cc1cc(CN2C(=O)c3ccccc3C2=O)cc(N2CCN(C(c3ccccc3)c3ccccc3)CC2)c1. The van der Waals surface area contributed by atoms with Crippen LogP contribution in [0.5, 0.6) is 0 Å². The zero-order valence-corrected chi connectivity index (χ0v) is 21.6. The van der Waals surface area contributed by atoms with Crippen LogP contribution in [-0.4, -0.2) is 47.8 Å². The van der Waals surface area contributed by atoms with Gasteiger partial charge in [0.1, 0.15) is 0 Å². The molecule has 0 bridgehead atoms. The van der Waals surface area contributed by atoms with Crippen molar-refractivity contribution in [3.05, 3.63) is 137 Å². The minimum atomic E-state index is -0.213. The van der Waals surface area contributed by atoms with Crippen molar-refractivity contribution < 1.29 is 9.59 Å². The number of carbonyl (C=O) groups is 2. The summed E-state index contributed by atoms with van der Waals surface area (Å²) in [7, 11) is 0. The highest BCUT2D eigenvalue weighted by Gasteiger charge is 2.35. The molecule has 38 heavy (non-hydrogen) atoms. The van der Waals surface area contributed by atoms with Crippen LogP contribution in [0, 0.1) is 6.92 Å². The topological polar surface area (TPSA) is 43.9 Å². The zero-order valence-electron chi connectivity index (χ0n) is 21.6. The Hall–Kier alpha value is -4.22. The average molecular weight is 502 g/mol. The van der Waals surface area contributed by atoms with Crippen LogP contribution in [0.2, 0.25) is 0 Å². The van der Waals surface area contributed by atoms with E-state index >= 15 is 0 Å². The molecule has 4 aromatic carbocycles. The predicted molar refractivity (Wildman–Crippen MR) is 150 cm³/mol. The zero-order chi connectivity index (χ0) is 26.1. The molecule has 2 aliphatic heterocycles. The Morgan fingerprint density at radius 2 is 1.18 bits per heavy atom. The third-order valence-electron chi connectivity index (χ3n) is 7.62. The molecule has 0 aromatic heterocycles. The van der Waals surface area contributed by atoms with Gasteiger partial charge in [0.2, 0.25) is 0 Å². The van der Waals surface area contributed by atoms with Crippen molar-refractivity contribution in [3.63, 3.8) is 0 Å². The summed E-state index contributed by atoms with van der Waals surface area (Å²) in [5, 5.41) is 0. The first-order valence-corrected chi connectivity index (χ1v) is 13.2. The number of anilines is 1. The van der Waals surface area contributed by atoms with Crippen molar-refractivity contribution in [3.8, 4) is 0 Å². The van der Waals surface area contributed by atoms with Crippen molar-refractivity contribution in [1.82, 2.24) is 9.80 Å². The second-order valence-corrected chi connectivity index (χ2v) is 10.2. The molecular weight excluding hydrogens is 470 g/mol. The largest absolute Gasteiger partial charge is 0.369 e. The fourth-order valence-corrected chi connectivity index (χ4v) is 5.80. The third-order valence-corrected chi connectivity index (χ3v) is 7.62. The Morgan fingerprint density at radius 1 is 0.658 bits per heavy atom. The number of amides is 2. The summed E-state index contributed by atoms with van der Waals surface area (Å²) in [6, 6.07) is 35.2. The number of imide groups is 1. The lowest BCUT2D eigenvalue weighted by Gasteiger charge is -2.41. The van der Waals surface area contributed by atoms with Gasteiger partial charge in [-0.25, -0.2) is 0 Å². The van der Waals surface area contributed by atoms with E-state index in [1.807, 2.05) is 0 Å². The van der Waals surface area contributed by atoms with Gasteiger partial charge in [-0.15, -0.1) is 0 Å². The maximum Gasteiger partial charge on any atom is 0.261 e. The van der Waals surface area contributed by atoms with Crippen LogP contribution >= 0.6 is 0 Å².